The molecule has 0 saturated carbocycles. The Labute approximate surface area is 77.8 Å². The van der Waals surface area contributed by atoms with Crippen LogP contribution in [0.5, 0.6) is 0 Å². The lowest BCUT2D eigenvalue weighted by molar-refractivity contribution is 0.464. The Morgan fingerprint density at radius 1 is 1.58 bits per heavy atom. The summed E-state index contributed by atoms with van der Waals surface area (Å²) in [7, 11) is 0. The van der Waals surface area contributed by atoms with Gasteiger partial charge in [0.2, 0.25) is 0 Å². The molecule has 1 unspecified atom stereocenters. The molecule has 2 N–H and O–H groups in total. The maximum Gasteiger partial charge on any atom is 0.0925 e. The van der Waals surface area contributed by atoms with Crippen LogP contribution < -0.4 is 5.73 Å². The standard InChI is InChI=1S/C9H16N2S/c1-7(2)8(10)3-4-9-11-5-6-12-9/h5-8H,3-4,10H2,1-2H3. The van der Waals surface area contributed by atoms with E-state index >= 15 is 0 Å². The van der Waals surface area contributed by atoms with Gasteiger partial charge >= 0.3 is 0 Å². The van der Waals surface area contributed by atoms with Crippen LogP contribution in [-0.2, 0) is 6.42 Å². The predicted molar refractivity (Wildman–Crippen MR) is 53.2 cm³/mol. The van der Waals surface area contributed by atoms with Crippen LogP contribution in [0.3, 0.4) is 0 Å². The zero-order chi connectivity index (χ0) is 8.97. The number of thiazole rings is 1. The largest absolute Gasteiger partial charge is 0.327 e. The van der Waals surface area contributed by atoms with Crippen molar-refractivity contribution in [3.63, 3.8) is 0 Å². The molecular weight excluding hydrogens is 168 g/mol. The van der Waals surface area contributed by atoms with E-state index in [1.54, 1.807) is 11.3 Å². The third-order valence-corrected chi connectivity index (χ3v) is 2.87. The van der Waals surface area contributed by atoms with Gasteiger partial charge in [0.15, 0.2) is 0 Å². The summed E-state index contributed by atoms with van der Waals surface area (Å²) in [5.74, 6) is 0.574. The number of aryl methyl sites for hydroxylation is 1. The second-order valence-corrected chi connectivity index (χ2v) is 4.35. The summed E-state index contributed by atoms with van der Waals surface area (Å²) in [5, 5.41) is 3.21. The molecule has 0 radical (unpaired) electrons. The molecule has 1 aromatic rings. The molecule has 0 spiro atoms. The lowest BCUT2D eigenvalue weighted by Crippen LogP contribution is -2.26. The zero-order valence-electron chi connectivity index (χ0n) is 7.66. The highest BCUT2D eigenvalue weighted by Crippen LogP contribution is 2.10. The molecule has 1 aromatic heterocycles. The molecule has 0 amide bonds. The van der Waals surface area contributed by atoms with E-state index in [0.717, 1.165) is 12.8 Å². The van der Waals surface area contributed by atoms with Crippen molar-refractivity contribution in [2.24, 2.45) is 11.7 Å². The molecule has 0 fully saturated rings. The fourth-order valence-electron chi connectivity index (χ4n) is 1.000. The molecule has 0 bridgehead atoms. The van der Waals surface area contributed by atoms with Crippen LogP contribution in [0.4, 0.5) is 0 Å². The normalized spacial score (nSPS) is 13.7. The second kappa shape index (κ2) is 4.58. The Hall–Kier alpha value is -0.410. The SMILES string of the molecule is CC(C)C(N)CCc1nccs1. The third kappa shape index (κ3) is 2.91. The minimum Gasteiger partial charge on any atom is -0.327 e. The molecule has 0 aliphatic heterocycles. The van der Waals surface area contributed by atoms with E-state index in [1.165, 1.54) is 5.01 Å². The Bertz CT molecular complexity index is 206. The molecule has 0 aromatic carbocycles. The molecule has 68 valence electrons. The Morgan fingerprint density at radius 3 is 2.83 bits per heavy atom. The van der Waals surface area contributed by atoms with Gasteiger partial charge in [-0.25, -0.2) is 4.98 Å². The van der Waals surface area contributed by atoms with E-state index in [2.05, 4.69) is 18.8 Å². The maximum absolute atomic E-state index is 5.91. The molecule has 0 aliphatic rings. The fourth-order valence-corrected chi connectivity index (χ4v) is 1.64. The van der Waals surface area contributed by atoms with Crippen LogP contribution in [0, 0.1) is 5.92 Å². The second-order valence-electron chi connectivity index (χ2n) is 3.37. The van der Waals surface area contributed by atoms with Gasteiger partial charge < -0.3 is 5.73 Å². The number of nitrogens with zero attached hydrogens (tertiary/aromatic N) is 1. The first kappa shape index (κ1) is 9.68. The van der Waals surface area contributed by atoms with E-state index < -0.39 is 0 Å². The van der Waals surface area contributed by atoms with E-state index in [4.69, 9.17) is 5.73 Å². The van der Waals surface area contributed by atoms with Crippen LogP contribution in [0.1, 0.15) is 25.3 Å². The maximum atomic E-state index is 5.91. The van der Waals surface area contributed by atoms with Gasteiger partial charge in [0.1, 0.15) is 0 Å². The number of aromatic nitrogens is 1. The summed E-state index contributed by atoms with van der Waals surface area (Å²) in [5.41, 5.74) is 5.91. The van der Waals surface area contributed by atoms with Crippen molar-refractivity contribution >= 4 is 11.3 Å². The minimum atomic E-state index is 0.314. The summed E-state index contributed by atoms with van der Waals surface area (Å²) in [4.78, 5) is 4.21. The molecule has 1 rings (SSSR count). The third-order valence-electron chi connectivity index (χ3n) is 2.03. The fraction of sp³-hybridized carbons (Fsp3) is 0.667. The smallest absolute Gasteiger partial charge is 0.0925 e. The van der Waals surface area contributed by atoms with Crippen molar-refractivity contribution in [1.29, 1.82) is 0 Å². The number of hydrogen-bond acceptors (Lipinski definition) is 3. The zero-order valence-corrected chi connectivity index (χ0v) is 8.47. The molecule has 1 atom stereocenters. The lowest BCUT2D eigenvalue weighted by atomic mass is 10.0. The van der Waals surface area contributed by atoms with Crippen molar-refractivity contribution in [2.45, 2.75) is 32.7 Å². The average molecular weight is 184 g/mol. The minimum absolute atomic E-state index is 0.314. The summed E-state index contributed by atoms with van der Waals surface area (Å²) >= 11 is 1.71. The van der Waals surface area contributed by atoms with Crippen LogP contribution in [0.15, 0.2) is 11.6 Å². The monoisotopic (exact) mass is 184 g/mol. The van der Waals surface area contributed by atoms with Gasteiger partial charge in [-0.15, -0.1) is 11.3 Å². The molecule has 1 heterocycles. The van der Waals surface area contributed by atoms with Gasteiger partial charge in [-0.05, 0) is 12.3 Å². The molecule has 0 aliphatic carbocycles. The topological polar surface area (TPSA) is 38.9 Å². The first-order valence-corrected chi connectivity index (χ1v) is 5.22. The van der Waals surface area contributed by atoms with E-state index in [9.17, 15) is 0 Å². The van der Waals surface area contributed by atoms with E-state index in [0.29, 0.717) is 12.0 Å². The highest BCUT2D eigenvalue weighted by molar-refractivity contribution is 7.09. The van der Waals surface area contributed by atoms with Gasteiger partial charge in [0.05, 0.1) is 5.01 Å². The van der Waals surface area contributed by atoms with Gasteiger partial charge in [0.25, 0.3) is 0 Å². The van der Waals surface area contributed by atoms with E-state index in [1.807, 2.05) is 11.6 Å². The molecule has 3 heteroatoms. The first-order chi connectivity index (χ1) is 5.70. The van der Waals surface area contributed by atoms with Crippen molar-refractivity contribution in [2.75, 3.05) is 0 Å². The van der Waals surface area contributed by atoms with Gasteiger partial charge in [0, 0.05) is 24.0 Å². The van der Waals surface area contributed by atoms with Crippen molar-refractivity contribution in [3.05, 3.63) is 16.6 Å². The van der Waals surface area contributed by atoms with Gasteiger partial charge in [-0.1, -0.05) is 13.8 Å². The highest BCUT2D eigenvalue weighted by Gasteiger charge is 2.07. The number of rotatable bonds is 4. The number of nitrogens with two attached hydrogens (primary N) is 1. The van der Waals surface area contributed by atoms with E-state index in [-0.39, 0.29) is 0 Å². The first-order valence-electron chi connectivity index (χ1n) is 4.34. The van der Waals surface area contributed by atoms with Crippen LogP contribution >= 0.6 is 11.3 Å². The van der Waals surface area contributed by atoms with Crippen molar-refractivity contribution in [3.8, 4) is 0 Å². The Morgan fingerprint density at radius 2 is 2.33 bits per heavy atom. The van der Waals surface area contributed by atoms with Crippen molar-refractivity contribution < 1.29 is 0 Å². The summed E-state index contributed by atoms with van der Waals surface area (Å²) in [6, 6.07) is 0.314. The summed E-state index contributed by atoms with van der Waals surface area (Å²) in [6.07, 6.45) is 3.92. The average Bonchev–Trinajstić information content (AvgIpc) is 2.51. The Balaban J connectivity index is 2.27. The molecule has 0 saturated heterocycles. The van der Waals surface area contributed by atoms with Gasteiger partial charge in [-0.2, -0.15) is 0 Å². The highest BCUT2D eigenvalue weighted by atomic mass is 32.1. The quantitative estimate of drug-likeness (QED) is 0.778. The van der Waals surface area contributed by atoms with Crippen LogP contribution in [0.2, 0.25) is 0 Å². The molecule has 12 heavy (non-hydrogen) atoms. The summed E-state index contributed by atoms with van der Waals surface area (Å²) in [6.45, 7) is 4.32. The van der Waals surface area contributed by atoms with Crippen LogP contribution in [-0.4, -0.2) is 11.0 Å². The van der Waals surface area contributed by atoms with Crippen molar-refractivity contribution in [1.82, 2.24) is 4.98 Å². The predicted octanol–water partition coefficient (Wildman–Crippen LogP) is 2.06. The lowest BCUT2D eigenvalue weighted by Gasteiger charge is -2.13. The molecular formula is C9H16N2S. The Kier molecular flexibility index (Phi) is 3.69. The molecule has 2 nitrogen and oxygen atoms in total. The number of hydrogen-bond donors (Lipinski definition) is 1. The van der Waals surface area contributed by atoms with Crippen LogP contribution in [0.25, 0.3) is 0 Å². The van der Waals surface area contributed by atoms with Gasteiger partial charge in [-0.3, -0.25) is 0 Å². The summed E-state index contributed by atoms with van der Waals surface area (Å²) < 4.78 is 0.